The Morgan fingerprint density at radius 3 is 2.42 bits per heavy atom. The molecule has 1 aromatic heterocycles. The Bertz CT molecular complexity index is 619. The smallest absolute Gasteiger partial charge is 0.450 e. The topological polar surface area (TPSA) is 68.2 Å². The average molecular weight is 358 g/mol. The Hall–Kier alpha value is -2.14. The first-order valence-corrected chi connectivity index (χ1v) is 6.88. The van der Waals surface area contributed by atoms with E-state index in [9.17, 15) is 31.1 Å². The number of carbonyl (C=O) groups excluding carboxylic acids is 1. The number of hydrogen-bond donors (Lipinski definition) is 0. The fourth-order valence-electron chi connectivity index (χ4n) is 2.37. The lowest BCUT2D eigenvalue weighted by molar-refractivity contribution is -0.152. The molecule has 1 aromatic rings. The van der Waals surface area contributed by atoms with E-state index in [2.05, 4.69) is 15.2 Å². The number of rotatable bonds is 2. The molecule has 0 aliphatic carbocycles. The van der Waals surface area contributed by atoms with Gasteiger partial charge < -0.3 is 4.74 Å². The van der Waals surface area contributed by atoms with Gasteiger partial charge in [0, 0.05) is 6.54 Å². The molecule has 1 aliphatic rings. The summed E-state index contributed by atoms with van der Waals surface area (Å²) in [5.74, 6) is -1.79. The van der Waals surface area contributed by atoms with E-state index in [1.165, 1.54) is 6.92 Å². The van der Waals surface area contributed by atoms with Crippen LogP contribution in [0.1, 0.15) is 43.0 Å². The van der Waals surface area contributed by atoms with Gasteiger partial charge in [-0.25, -0.2) is 9.78 Å². The third-order valence-electron chi connectivity index (χ3n) is 3.31. The molecule has 12 heteroatoms. The molecule has 6 nitrogen and oxygen atoms in total. The van der Waals surface area contributed by atoms with Crippen LogP contribution >= 0.6 is 0 Å². The first-order chi connectivity index (χ1) is 11.1. The Morgan fingerprint density at radius 1 is 1.21 bits per heavy atom. The van der Waals surface area contributed by atoms with Crippen LogP contribution in [-0.4, -0.2) is 39.3 Å². The molecule has 0 N–H and O–H groups in total. The summed E-state index contributed by atoms with van der Waals surface area (Å²) in [7, 11) is 0. The maximum Gasteiger partial charge on any atom is 0.453 e. The second-order valence-corrected chi connectivity index (χ2v) is 4.92. The zero-order chi connectivity index (χ0) is 18.1. The quantitative estimate of drug-likeness (QED) is 0.760. The van der Waals surface area contributed by atoms with Gasteiger partial charge in [0.15, 0.2) is 5.69 Å². The van der Waals surface area contributed by atoms with Crippen molar-refractivity contribution in [1.29, 1.82) is 0 Å². The highest BCUT2D eigenvalue weighted by Gasteiger charge is 2.45. The minimum absolute atomic E-state index is 0.0118. The van der Waals surface area contributed by atoms with Crippen molar-refractivity contribution in [2.24, 2.45) is 0 Å². The van der Waals surface area contributed by atoms with E-state index < -0.39 is 41.7 Å². The monoisotopic (exact) mass is 358 g/mol. The van der Waals surface area contributed by atoms with E-state index >= 15 is 0 Å². The Balaban J connectivity index is 2.51. The molecule has 0 aromatic carbocycles. The van der Waals surface area contributed by atoms with E-state index in [1.54, 1.807) is 0 Å². The molecule has 2 rings (SSSR count). The van der Waals surface area contributed by atoms with Gasteiger partial charge in [-0.15, -0.1) is 10.2 Å². The van der Waals surface area contributed by atoms with Crippen molar-refractivity contribution >= 4 is 6.09 Å². The summed E-state index contributed by atoms with van der Waals surface area (Å²) in [5.41, 5.74) is -2.62. The number of likely N-dealkylation sites (tertiary alicyclic amines) is 1. The van der Waals surface area contributed by atoms with Crippen molar-refractivity contribution in [2.75, 3.05) is 13.2 Å². The number of halogens is 6. The zero-order valence-corrected chi connectivity index (χ0v) is 12.3. The van der Waals surface area contributed by atoms with Gasteiger partial charge in [-0.3, -0.25) is 4.90 Å². The maximum atomic E-state index is 13.0. The Labute approximate surface area is 131 Å². The van der Waals surface area contributed by atoms with Crippen LogP contribution in [0.25, 0.3) is 0 Å². The molecule has 0 radical (unpaired) electrons. The highest BCUT2D eigenvalue weighted by Crippen LogP contribution is 2.39. The van der Waals surface area contributed by atoms with E-state index in [4.69, 9.17) is 4.74 Å². The summed E-state index contributed by atoms with van der Waals surface area (Å²) in [4.78, 5) is 15.7. The Morgan fingerprint density at radius 2 is 1.88 bits per heavy atom. The van der Waals surface area contributed by atoms with Gasteiger partial charge in [-0.1, -0.05) is 0 Å². The predicted molar refractivity (Wildman–Crippen MR) is 65.5 cm³/mol. The standard InChI is InChI=1S/C12H12F6N4O2/c1-2-24-10(23)22-5-3-4-6(22)7-8(11(13,14)15)20-21-9(19-7)12(16,17)18/h6H,2-5H2,1H3/t6-/m1/s1. The van der Waals surface area contributed by atoms with Crippen LogP contribution in [0.2, 0.25) is 0 Å². The number of alkyl halides is 6. The highest BCUT2D eigenvalue weighted by molar-refractivity contribution is 5.68. The molecule has 0 saturated carbocycles. The zero-order valence-electron chi connectivity index (χ0n) is 12.3. The van der Waals surface area contributed by atoms with E-state index in [-0.39, 0.29) is 19.6 Å². The fraction of sp³-hybridized carbons (Fsp3) is 0.667. The Kier molecular flexibility index (Phi) is 4.85. The fourth-order valence-corrected chi connectivity index (χ4v) is 2.37. The average Bonchev–Trinajstić information content (AvgIpc) is 2.94. The number of aromatic nitrogens is 3. The van der Waals surface area contributed by atoms with Gasteiger partial charge >= 0.3 is 18.4 Å². The van der Waals surface area contributed by atoms with Crippen LogP contribution in [0.15, 0.2) is 0 Å². The molecule has 1 fully saturated rings. The molecule has 2 heterocycles. The maximum absolute atomic E-state index is 13.0. The van der Waals surface area contributed by atoms with Crippen molar-refractivity contribution in [2.45, 2.75) is 38.2 Å². The number of hydrogen-bond acceptors (Lipinski definition) is 5. The third kappa shape index (κ3) is 3.67. The lowest BCUT2D eigenvalue weighted by Crippen LogP contribution is -2.34. The van der Waals surface area contributed by atoms with Crippen LogP contribution in [-0.2, 0) is 17.1 Å². The van der Waals surface area contributed by atoms with Gasteiger partial charge in [0.1, 0.15) is 0 Å². The number of ether oxygens (including phenoxy) is 1. The van der Waals surface area contributed by atoms with Crippen LogP contribution in [0.3, 0.4) is 0 Å². The van der Waals surface area contributed by atoms with Crippen LogP contribution in [0, 0.1) is 0 Å². The number of amides is 1. The molecule has 0 bridgehead atoms. The minimum atomic E-state index is -5.06. The molecule has 0 unspecified atom stereocenters. The lowest BCUT2D eigenvalue weighted by Gasteiger charge is -2.25. The normalized spacial score (nSPS) is 18.8. The van der Waals surface area contributed by atoms with Crippen molar-refractivity contribution in [3.63, 3.8) is 0 Å². The van der Waals surface area contributed by atoms with Crippen molar-refractivity contribution in [3.05, 3.63) is 17.2 Å². The summed E-state index contributed by atoms with van der Waals surface area (Å²) in [5, 5.41) is 5.18. The van der Waals surface area contributed by atoms with Gasteiger partial charge in [0.25, 0.3) is 5.82 Å². The first-order valence-electron chi connectivity index (χ1n) is 6.88. The van der Waals surface area contributed by atoms with E-state index in [0.717, 1.165) is 4.90 Å². The molecule has 24 heavy (non-hydrogen) atoms. The van der Waals surface area contributed by atoms with Crippen LogP contribution < -0.4 is 0 Å². The molecule has 1 amide bonds. The summed E-state index contributed by atoms with van der Waals surface area (Å²) in [6.07, 6.45) is -10.7. The highest BCUT2D eigenvalue weighted by atomic mass is 19.4. The van der Waals surface area contributed by atoms with Gasteiger partial charge in [-0.05, 0) is 19.8 Å². The third-order valence-corrected chi connectivity index (χ3v) is 3.31. The second-order valence-electron chi connectivity index (χ2n) is 4.92. The first kappa shape index (κ1) is 18.2. The second kappa shape index (κ2) is 6.40. The van der Waals surface area contributed by atoms with Crippen molar-refractivity contribution in [3.8, 4) is 0 Å². The molecule has 1 saturated heterocycles. The van der Waals surface area contributed by atoms with Gasteiger partial charge in [0.05, 0.1) is 18.3 Å². The molecule has 0 spiro atoms. The van der Waals surface area contributed by atoms with Crippen molar-refractivity contribution < 1.29 is 35.9 Å². The molecular weight excluding hydrogens is 346 g/mol. The SMILES string of the molecule is CCOC(=O)N1CCC[C@@H]1c1nc(C(F)(F)F)nnc1C(F)(F)F. The summed E-state index contributed by atoms with van der Waals surface area (Å²) < 4.78 is 82.0. The summed E-state index contributed by atoms with van der Waals surface area (Å²) in [6.45, 7) is 1.52. The van der Waals surface area contributed by atoms with Crippen LogP contribution in [0.4, 0.5) is 31.1 Å². The molecule has 1 atom stereocenters. The lowest BCUT2D eigenvalue weighted by atomic mass is 10.1. The number of carbonyl (C=O) groups is 1. The van der Waals surface area contributed by atoms with Crippen LogP contribution in [0.5, 0.6) is 0 Å². The largest absolute Gasteiger partial charge is 0.453 e. The predicted octanol–water partition coefficient (Wildman–Crippen LogP) is 3.20. The minimum Gasteiger partial charge on any atom is -0.450 e. The molecule has 134 valence electrons. The molecular formula is C12H12F6N4O2. The van der Waals surface area contributed by atoms with E-state index in [1.807, 2.05) is 0 Å². The summed E-state index contributed by atoms with van der Waals surface area (Å²) in [6, 6.07) is -1.31. The van der Waals surface area contributed by atoms with E-state index in [0.29, 0.717) is 6.42 Å². The summed E-state index contributed by atoms with van der Waals surface area (Å²) >= 11 is 0. The number of nitrogens with zero attached hydrogens (tertiary/aromatic N) is 4. The van der Waals surface area contributed by atoms with Gasteiger partial charge in [-0.2, -0.15) is 26.3 Å². The molecule has 1 aliphatic heterocycles. The van der Waals surface area contributed by atoms with Gasteiger partial charge in [0.2, 0.25) is 0 Å². The van der Waals surface area contributed by atoms with Crippen molar-refractivity contribution in [1.82, 2.24) is 20.1 Å².